The molecule has 0 radical (unpaired) electrons. The summed E-state index contributed by atoms with van der Waals surface area (Å²) in [4.78, 5) is 0. The van der Waals surface area contributed by atoms with E-state index in [-0.39, 0.29) is 18.3 Å². The van der Waals surface area contributed by atoms with Crippen LogP contribution < -0.4 is 0 Å². The Bertz CT molecular complexity index is 354. The Balaban J connectivity index is 2.84. The van der Waals surface area contributed by atoms with Gasteiger partial charge in [0, 0.05) is 26.4 Å². The van der Waals surface area contributed by atoms with Crippen molar-refractivity contribution in [2.45, 2.75) is 110 Å². The van der Waals surface area contributed by atoms with E-state index in [1.807, 2.05) is 0 Å². The highest BCUT2D eigenvalue weighted by Crippen LogP contribution is 2.28. The van der Waals surface area contributed by atoms with Crippen LogP contribution in [0.15, 0.2) is 0 Å². The lowest BCUT2D eigenvalue weighted by atomic mass is 9.98. The van der Waals surface area contributed by atoms with Gasteiger partial charge in [-0.25, -0.2) is 0 Å². The minimum absolute atomic E-state index is 0.306. The van der Waals surface area contributed by atoms with E-state index in [4.69, 9.17) is 23.7 Å². The van der Waals surface area contributed by atoms with Crippen LogP contribution in [0.4, 0.5) is 0 Å². The van der Waals surface area contributed by atoms with E-state index in [2.05, 4.69) is 27.7 Å². The lowest BCUT2D eigenvalue weighted by molar-refractivity contribution is -0.312. The molecule has 0 saturated carbocycles. The number of hydrogen-bond acceptors (Lipinski definition) is 6. The molecule has 168 valence electrons. The maximum atomic E-state index is 10.6. The summed E-state index contributed by atoms with van der Waals surface area (Å²) in [5, 5.41) is 10.6. The van der Waals surface area contributed by atoms with Crippen molar-refractivity contribution in [3.8, 4) is 0 Å². The Morgan fingerprint density at radius 3 is 1.64 bits per heavy atom. The number of ether oxygens (including phenoxy) is 5. The van der Waals surface area contributed by atoms with Gasteiger partial charge in [-0.2, -0.15) is 0 Å². The van der Waals surface area contributed by atoms with Crippen molar-refractivity contribution in [1.82, 2.24) is 0 Å². The fraction of sp³-hybridized carbons (Fsp3) is 1.00. The van der Waals surface area contributed by atoms with Crippen LogP contribution in [-0.2, 0) is 23.7 Å². The van der Waals surface area contributed by atoms with E-state index in [1.54, 1.807) is 0 Å². The molecule has 1 saturated heterocycles. The van der Waals surface area contributed by atoms with Crippen molar-refractivity contribution < 1.29 is 28.8 Å². The molecule has 3 unspecified atom stereocenters. The van der Waals surface area contributed by atoms with Gasteiger partial charge in [-0.05, 0) is 25.7 Å². The molecule has 5 atom stereocenters. The summed E-state index contributed by atoms with van der Waals surface area (Å²) in [6.07, 6.45) is 5.53. The lowest BCUT2D eigenvalue weighted by Gasteiger charge is -2.44. The lowest BCUT2D eigenvalue weighted by Crippen LogP contribution is -2.61. The van der Waals surface area contributed by atoms with Crippen LogP contribution in [0.5, 0.6) is 0 Å². The van der Waals surface area contributed by atoms with E-state index >= 15 is 0 Å². The molecule has 0 bridgehead atoms. The minimum atomic E-state index is -1.03. The van der Waals surface area contributed by atoms with Gasteiger partial charge < -0.3 is 28.8 Å². The summed E-state index contributed by atoms with van der Waals surface area (Å²) >= 11 is 0. The molecular weight excluding hydrogens is 360 g/mol. The molecule has 6 nitrogen and oxygen atoms in total. The first kappa shape index (κ1) is 25.8. The third kappa shape index (κ3) is 9.51. The normalized spacial score (nSPS) is 28.0. The molecule has 1 aliphatic heterocycles. The summed E-state index contributed by atoms with van der Waals surface area (Å²) in [6.45, 7) is 11.5. The first-order valence-electron chi connectivity index (χ1n) is 11.5. The second-order valence-electron chi connectivity index (χ2n) is 7.56. The summed E-state index contributed by atoms with van der Waals surface area (Å²) < 4.78 is 30.1. The molecule has 0 amide bonds. The van der Waals surface area contributed by atoms with E-state index in [1.165, 1.54) is 0 Å². The highest BCUT2D eigenvalue weighted by molar-refractivity contribution is 4.92. The highest BCUT2D eigenvalue weighted by atomic mass is 16.7. The van der Waals surface area contributed by atoms with Crippen molar-refractivity contribution in [3.63, 3.8) is 0 Å². The van der Waals surface area contributed by atoms with Gasteiger partial charge >= 0.3 is 0 Å². The maximum absolute atomic E-state index is 10.6. The summed E-state index contributed by atoms with van der Waals surface area (Å²) in [5.41, 5.74) is 0. The van der Waals surface area contributed by atoms with Crippen molar-refractivity contribution in [3.05, 3.63) is 0 Å². The molecular formula is C22H44O6. The van der Waals surface area contributed by atoms with Crippen LogP contribution in [0.1, 0.15) is 79.1 Å². The maximum Gasteiger partial charge on any atom is 0.184 e. The smallest absolute Gasteiger partial charge is 0.184 e. The Labute approximate surface area is 172 Å². The molecule has 0 aromatic rings. The third-order valence-corrected chi connectivity index (χ3v) is 4.96. The molecule has 1 heterocycles. The Morgan fingerprint density at radius 2 is 1.11 bits per heavy atom. The summed E-state index contributed by atoms with van der Waals surface area (Å²) in [7, 11) is 0. The first-order chi connectivity index (χ1) is 13.7. The van der Waals surface area contributed by atoms with Gasteiger partial charge in [0.2, 0.25) is 0 Å². The van der Waals surface area contributed by atoms with Crippen LogP contribution >= 0.6 is 0 Å². The number of aliphatic hydroxyl groups is 1. The number of rotatable bonds is 17. The molecule has 6 heteroatoms. The van der Waals surface area contributed by atoms with E-state index < -0.39 is 12.4 Å². The molecule has 0 aromatic carbocycles. The van der Waals surface area contributed by atoms with Gasteiger partial charge in [-0.15, -0.1) is 0 Å². The molecule has 28 heavy (non-hydrogen) atoms. The van der Waals surface area contributed by atoms with Crippen LogP contribution in [-0.4, -0.2) is 68.8 Å². The molecule has 1 rings (SSSR count). The number of aliphatic hydroxyl groups excluding tert-OH is 1. The minimum Gasteiger partial charge on any atom is -0.379 e. The number of unbranched alkanes of at least 4 members (excludes halogenated alkanes) is 4. The van der Waals surface area contributed by atoms with Crippen LogP contribution in [0.25, 0.3) is 0 Å². The fourth-order valence-electron chi connectivity index (χ4n) is 3.13. The summed E-state index contributed by atoms with van der Waals surface area (Å²) in [5.74, 6) is 0. The Hall–Kier alpha value is -0.240. The monoisotopic (exact) mass is 404 g/mol. The predicted molar refractivity (Wildman–Crippen MR) is 111 cm³/mol. The van der Waals surface area contributed by atoms with Gasteiger partial charge in [-0.3, -0.25) is 0 Å². The standard InChI is InChI=1S/C22H44O6/c1-5-9-13-24-17-18-19(25-14-10-6-2)20(26-15-11-7-3)21(22(23)28-18)27-16-12-8-4/h18-23H,5-17H2,1-4H3/t18?,19-,20?,21?,22+/m0/s1. The van der Waals surface area contributed by atoms with E-state index in [9.17, 15) is 5.11 Å². The molecule has 0 aromatic heterocycles. The Morgan fingerprint density at radius 1 is 0.643 bits per heavy atom. The topological polar surface area (TPSA) is 66.4 Å². The molecule has 1 aliphatic rings. The van der Waals surface area contributed by atoms with Gasteiger partial charge in [0.25, 0.3) is 0 Å². The van der Waals surface area contributed by atoms with Crippen LogP contribution in [0.3, 0.4) is 0 Å². The summed E-state index contributed by atoms with van der Waals surface area (Å²) in [6, 6.07) is 0. The number of hydrogen-bond donors (Lipinski definition) is 1. The van der Waals surface area contributed by atoms with Crippen molar-refractivity contribution >= 4 is 0 Å². The molecule has 1 N–H and O–H groups in total. The molecule has 1 fully saturated rings. The first-order valence-corrected chi connectivity index (χ1v) is 11.5. The quantitative estimate of drug-likeness (QED) is 0.369. The molecule has 0 spiro atoms. The zero-order chi connectivity index (χ0) is 20.6. The second kappa shape index (κ2) is 16.5. The average molecular weight is 405 g/mol. The van der Waals surface area contributed by atoms with Crippen molar-refractivity contribution in [1.29, 1.82) is 0 Å². The van der Waals surface area contributed by atoms with Gasteiger partial charge in [0.1, 0.15) is 24.4 Å². The van der Waals surface area contributed by atoms with Crippen LogP contribution in [0, 0.1) is 0 Å². The van der Waals surface area contributed by atoms with Crippen molar-refractivity contribution in [2.75, 3.05) is 33.0 Å². The largest absolute Gasteiger partial charge is 0.379 e. The van der Waals surface area contributed by atoms with Gasteiger partial charge in [0.05, 0.1) is 6.61 Å². The third-order valence-electron chi connectivity index (χ3n) is 4.96. The van der Waals surface area contributed by atoms with Gasteiger partial charge in [-0.1, -0.05) is 53.4 Å². The molecule has 0 aliphatic carbocycles. The second-order valence-corrected chi connectivity index (χ2v) is 7.56. The van der Waals surface area contributed by atoms with Gasteiger partial charge in [0.15, 0.2) is 6.29 Å². The van der Waals surface area contributed by atoms with E-state index in [0.29, 0.717) is 33.0 Å². The highest BCUT2D eigenvalue weighted by Gasteiger charge is 2.47. The zero-order valence-electron chi connectivity index (χ0n) is 18.6. The predicted octanol–water partition coefficient (Wildman–Crippen LogP) is 4.08. The van der Waals surface area contributed by atoms with Crippen molar-refractivity contribution in [2.24, 2.45) is 0 Å². The fourth-order valence-corrected chi connectivity index (χ4v) is 3.13. The van der Waals surface area contributed by atoms with Crippen LogP contribution in [0.2, 0.25) is 0 Å². The SMILES string of the molecule is CCCCOCC1O[C@@H](O)C(OCCCC)C(OCCCC)[C@H]1OCCCC. The van der Waals surface area contributed by atoms with E-state index in [0.717, 1.165) is 51.4 Å². The average Bonchev–Trinajstić information content (AvgIpc) is 2.69. The zero-order valence-corrected chi connectivity index (χ0v) is 18.6. The Kier molecular flexibility index (Phi) is 15.2.